The molecule has 1 heterocycles. The van der Waals surface area contributed by atoms with Crippen LogP contribution in [0.15, 0.2) is 38.3 Å². The molecule has 0 aliphatic heterocycles. The Morgan fingerprint density at radius 1 is 1.33 bits per heavy atom. The molecule has 1 aromatic carbocycles. The van der Waals surface area contributed by atoms with Gasteiger partial charge in [0, 0.05) is 0 Å². The van der Waals surface area contributed by atoms with Gasteiger partial charge >= 0.3 is 0 Å². The summed E-state index contributed by atoms with van der Waals surface area (Å²) in [4.78, 5) is 15.7. The Balaban J connectivity index is 2.44. The largest absolute Gasteiger partial charge is 0.294 e. The lowest BCUT2D eigenvalue weighted by molar-refractivity contribution is 0.614. The summed E-state index contributed by atoms with van der Waals surface area (Å²) in [7, 11) is 0. The highest BCUT2D eigenvalue weighted by atomic mass is 79.9. The lowest BCUT2D eigenvalue weighted by atomic mass is 10.2. The maximum absolute atomic E-state index is 13.3. The van der Waals surface area contributed by atoms with E-state index in [1.54, 1.807) is 12.1 Å². The Kier molecular flexibility index (Phi) is 4.19. The SMILES string of the molecule is O=c1c(Br)c(Cl)ncn1Cc1cccc(F)c1Br. The van der Waals surface area contributed by atoms with Gasteiger partial charge in [0.25, 0.3) is 5.56 Å². The fraction of sp³-hybridized carbons (Fsp3) is 0.0909. The van der Waals surface area contributed by atoms with Crippen LogP contribution in [0.1, 0.15) is 5.56 Å². The van der Waals surface area contributed by atoms with Gasteiger partial charge in [0.15, 0.2) is 5.15 Å². The van der Waals surface area contributed by atoms with Crippen LogP contribution in [0.25, 0.3) is 0 Å². The lowest BCUT2D eigenvalue weighted by Crippen LogP contribution is -2.22. The molecule has 94 valence electrons. The van der Waals surface area contributed by atoms with Crippen molar-refractivity contribution in [1.29, 1.82) is 0 Å². The average molecular weight is 396 g/mol. The van der Waals surface area contributed by atoms with Gasteiger partial charge in [0.1, 0.15) is 10.3 Å². The number of halogens is 4. The van der Waals surface area contributed by atoms with Gasteiger partial charge in [0.2, 0.25) is 0 Å². The van der Waals surface area contributed by atoms with Crippen LogP contribution >= 0.6 is 43.5 Å². The molecular formula is C11H6Br2ClFN2O. The van der Waals surface area contributed by atoms with Gasteiger partial charge in [-0.3, -0.25) is 9.36 Å². The van der Waals surface area contributed by atoms with E-state index in [1.807, 2.05) is 0 Å². The molecule has 0 fully saturated rings. The van der Waals surface area contributed by atoms with Gasteiger partial charge in [-0.15, -0.1) is 0 Å². The van der Waals surface area contributed by atoms with E-state index in [2.05, 4.69) is 36.8 Å². The first kappa shape index (κ1) is 13.7. The standard InChI is InChI=1S/C11H6Br2ClFN2O/c12-8-6(2-1-3-7(8)15)4-17-5-16-10(14)9(13)11(17)18/h1-3,5H,4H2. The van der Waals surface area contributed by atoms with Crippen LogP contribution in [0, 0.1) is 5.82 Å². The first-order valence-electron chi connectivity index (χ1n) is 4.84. The zero-order chi connectivity index (χ0) is 13.3. The van der Waals surface area contributed by atoms with Crippen LogP contribution in [-0.2, 0) is 6.54 Å². The third kappa shape index (κ3) is 2.65. The lowest BCUT2D eigenvalue weighted by Gasteiger charge is -2.08. The zero-order valence-corrected chi connectivity index (χ0v) is 12.8. The number of rotatable bonds is 2. The van der Waals surface area contributed by atoms with Crippen molar-refractivity contribution < 1.29 is 4.39 Å². The third-order valence-corrected chi connectivity index (χ3v) is 4.43. The molecule has 3 nitrogen and oxygen atoms in total. The minimum Gasteiger partial charge on any atom is -0.294 e. The van der Waals surface area contributed by atoms with E-state index in [4.69, 9.17) is 11.6 Å². The van der Waals surface area contributed by atoms with Crippen LogP contribution in [0.2, 0.25) is 5.15 Å². The quantitative estimate of drug-likeness (QED) is 0.727. The molecule has 0 radical (unpaired) electrons. The number of aromatic nitrogens is 2. The Morgan fingerprint density at radius 2 is 2.06 bits per heavy atom. The number of nitrogens with zero attached hydrogens (tertiary/aromatic N) is 2. The summed E-state index contributed by atoms with van der Waals surface area (Å²) in [6, 6.07) is 4.65. The fourth-order valence-corrected chi connectivity index (χ4v) is 2.25. The van der Waals surface area contributed by atoms with Crippen molar-refractivity contribution in [2.75, 3.05) is 0 Å². The average Bonchev–Trinajstić information content (AvgIpc) is 2.35. The van der Waals surface area contributed by atoms with Crippen molar-refractivity contribution in [3.05, 3.63) is 60.4 Å². The van der Waals surface area contributed by atoms with Crippen molar-refractivity contribution >= 4 is 43.5 Å². The van der Waals surface area contributed by atoms with Crippen molar-refractivity contribution in [3.63, 3.8) is 0 Å². The Hall–Kier alpha value is -0.720. The Bertz CT molecular complexity index is 660. The van der Waals surface area contributed by atoms with E-state index >= 15 is 0 Å². The van der Waals surface area contributed by atoms with E-state index in [0.29, 0.717) is 10.0 Å². The molecule has 2 rings (SSSR count). The predicted octanol–water partition coefficient (Wildman–Crippen LogP) is 3.61. The summed E-state index contributed by atoms with van der Waals surface area (Å²) in [5.41, 5.74) is 0.333. The van der Waals surface area contributed by atoms with E-state index < -0.39 is 0 Å². The summed E-state index contributed by atoms with van der Waals surface area (Å²) in [6.45, 7) is 0.208. The summed E-state index contributed by atoms with van der Waals surface area (Å²) in [5.74, 6) is -0.374. The molecule has 0 N–H and O–H groups in total. The Labute approximate surface area is 124 Å². The second-order valence-electron chi connectivity index (χ2n) is 3.50. The van der Waals surface area contributed by atoms with E-state index in [0.717, 1.165) is 0 Å². The van der Waals surface area contributed by atoms with Crippen LogP contribution in [0.5, 0.6) is 0 Å². The molecule has 1 aromatic heterocycles. The summed E-state index contributed by atoms with van der Waals surface area (Å²) < 4.78 is 15.2. The number of benzene rings is 1. The van der Waals surface area contributed by atoms with E-state index in [9.17, 15) is 9.18 Å². The topological polar surface area (TPSA) is 34.9 Å². The molecule has 0 atom stereocenters. The van der Waals surface area contributed by atoms with Crippen molar-refractivity contribution in [2.45, 2.75) is 6.54 Å². The summed E-state index contributed by atoms with van der Waals surface area (Å²) >= 11 is 11.9. The fourth-order valence-electron chi connectivity index (χ4n) is 1.41. The third-order valence-electron chi connectivity index (χ3n) is 2.31. The maximum Gasteiger partial charge on any atom is 0.269 e. The van der Waals surface area contributed by atoms with Gasteiger partial charge in [0.05, 0.1) is 17.3 Å². The van der Waals surface area contributed by atoms with Crippen LogP contribution in [-0.4, -0.2) is 9.55 Å². The molecule has 0 amide bonds. The molecular weight excluding hydrogens is 390 g/mol. The van der Waals surface area contributed by atoms with Gasteiger partial charge in [-0.05, 0) is 43.5 Å². The monoisotopic (exact) mass is 394 g/mol. The summed E-state index contributed by atoms with van der Waals surface area (Å²) in [5, 5.41) is 0.106. The van der Waals surface area contributed by atoms with Gasteiger partial charge < -0.3 is 0 Å². The van der Waals surface area contributed by atoms with Crippen molar-refractivity contribution in [2.24, 2.45) is 0 Å². The smallest absolute Gasteiger partial charge is 0.269 e. The second-order valence-corrected chi connectivity index (χ2v) is 5.44. The molecule has 18 heavy (non-hydrogen) atoms. The first-order valence-corrected chi connectivity index (χ1v) is 6.80. The predicted molar refractivity (Wildman–Crippen MR) is 74.4 cm³/mol. The van der Waals surface area contributed by atoms with E-state index in [-0.39, 0.29) is 27.5 Å². The zero-order valence-electron chi connectivity index (χ0n) is 8.83. The van der Waals surface area contributed by atoms with Crippen LogP contribution < -0.4 is 5.56 Å². The molecule has 7 heteroatoms. The van der Waals surface area contributed by atoms with E-state index in [1.165, 1.54) is 17.0 Å². The van der Waals surface area contributed by atoms with Crippen molar-refractivity contribution in [1.82, 2.24) is 9.55 Å². The highest BCUT2D eigenvalue weighted by molar-refractivity contribution is 9.10. The minimum atomic E-state index is -0.374. The molecule has 0 spiro atoms. The molecule has 0 aliphatic rings. The van der Waals surface area contributed by atoms with Gasteiger partial charge in [-0.25, -0.2) is 9.37 Å². The Morgan fingerprint density at radius 3 is 2.78 bits per heavy atom. The molecule has 0 saturated heterocycles. The maximum atomic E-state index is 13.3. The molecule has 2 aromatic rings. The molecule has 0 bridgehead atoms. The first-order chi connectivity index (χ1) is 8.50. The van der Waals surface area contributed by atoms with Gasteiger partial charge in [-0.2, -0.15) is 0 Å². The summed E-state index contributed by atoms with van der Waals surface area (Å²) in [6.07, 6.45) is 1.33. The number of hydrogen-bond acceptors (Lipinski definition) is 2. The van der Waals surface area contributed by atoms with Crippen LogP contribution in [0.4, 0.5) is 4.39 Å². The number of hydrogen-bond donors (Lipinski definition) is 0. The van der Waals surface area contributed by atoms with Gasteiger partial charge in [-0.1, -0.05) is 23.7 Å². The highest BCUT2D eigenvalue weighted by Crippen LogP contribution is 2.21. The van der Waals surface area contributed by atoms with Crippen molar-refractivity contribution in [3.8, 4) is 0 Å². The highest BCUT2D eigenvalue weighted by Gasteiger charge is 2.10. The normalized spacial score (nSPS) is 10.7. The molecule has 0 saturated carbocycles. The molecule has 0 aliphatic carbocycles. The minimum absolute atomic E-state index is 0.106. The molecule has 0 unspecified atom stereocenters. The van der Waals surface area contributed by atoms with Crippen LogP contribution in [0.3, 0.4) is 0 Å². The second kappa shape index (κ2) is 5.50.